The monoisotopic (exact) mass is 688 g/mol. The summed E-state index contributed by atoms with van der Waals surface area (Å²) < 4.78 is 30.9. The van der Waals surface area contributed by atoms with Crippen molar-refractivity contribution in [2.75, 3.05) is 17.6 Å². The molecule has 0 heterocycles. The van der Waals surface area contributed by atoms with Crippen LogP contribution < -0.4 is 10.6 Å². The summed E-state index contributed by atoms with van der Waals surface area (Å²) in [6.45, 7) is 10.5. The fraction of sp³-hybridized carbons (Fsp3) is 0.238. The number of benzene rings is 5. The van der Waals surface area contributed by atoms with Crippen LogP contribution in [0, 0.1) is 13.8 Å². The van der Waals surface area contributed by atoms with Gasteiger partial charge in [0.05, 0.1) is 11.7 Å². The second kappa shape index (κ2) is 15.2. The normalized spacial score (nSPS) is 12.3. The Morgan fingerprint density at radius 1 is 0.740 bits per heavy atom. The van der Waals surface area contributed by atoms with Gasteiger partial charge in [-0.2, -0.15) is 8.42 Å². The average molecular weight is 689 g/mol. The van der Waals surface area contributed by atoms with Gasteiger partial charge in [-0.3, -0.25) is 14.1 Å². The molecule has 1 atom stereocenters. The molecule has 1 unspecified atom stereocenters. The van der Waals surface area contributed by atoms with Gasteiger partial charge in [0, 0.05) is 17.8 Å². The van der Waals surface area contributed by atoms with E-state index in [-0.39, 0.29) is 17.9 Å². The van der Waals surface area contributed by atoms with Crippen molar-refractivity contribution in [1.82, 2.24) is 5.32 Å². The van der Waals surface area contributed by atoms with Crippen LogP contribution in [0.25, 0.3) is 22.3 Å². The Morgan fingerprint density at radius 3 is 1.88 bits per heavy atom. The quantitative estimate of drug-likeness (QED) is 0.121. The molecule has 0 saturated carbocycles. The molecule has 5 aromatic carbocycles. The Hall–Kier alpha value is -5.05. The predicted molar refractivity (Wildman–Crippen MR) is 202 cm³/mol. The topological polar surface area (TPSA) is 113 Å². The minimum Gasteiger partial charge on any atom is -0.351 e. The third-order valence-corrected chi connectivity index (χ3v) is 9.58. The van der Waals surface area contributed by atoms with Crippen molar-refractivity contribution in [2.24, 2.45) is 0 Å². The van der Waals surface area contributed by atoms with Crippen molar-refractivity contribution in [3.05, 3.63) is 149 Å². The Kier molecular flexibility index (Phi) is 11.0. The van der Waals surface area contributed by atoms with Gasteiger partial charge in [-0.05, 0) is 94.5 Å². The van der Waals surface area contributed by atoms with Gasteiger partial charge in [-0.15, -0.1) is 0 Å². The van der Waals surface area contributed by atoms with E-state index >= 15 is 0 Å². The van der Waals surface area contributed by atoms with E-state index in [4.69, 9.17) is 4.55 Å². The van der Waals surface area contributed by atoms with E-state index < -0.39 is 27.7 Å². The Labute approximate surface area is 295 Å². The maximum atomic E-state index is 14.0. The largest absolute Gasteiger partial charge is 0.351 e. The van der Waals surface area contributed by atoms with Crippen LogP contribution in [0.3, 0.4) is 0 Å². The summed E-state index contributed by atoms with van der Waals surface area (Å²) >= 11 is 0. The lowest BCUT2D eigenvalue weighted by atomic mass is 9.86. The molecule has 0 radical (unpaired) electrons. The smallest absolute Gasteiger partial charge is 0.266 e. The van der Waals surface area contributed by atoms with Gasteiger partial charge in [-0.1, -0.05) is 117 Å². The van der Waals surface area contributed by atoms with E-state index in [0.29, 0.717) is 17.7 Å². The van der Waals surface area contributed by atoms with Crippen molar-refractivity contribution < 1.29 is 22.6 Å². The highest BCUT2D eigenvalue weighted by Crippen LogP contribution is 2.30. The molecule has 5 rings (SSSR count). The molecule has 0 aromatic heterocycles. The standard InChI is InChI=1S/C42H44N2O5S/c1-28-6-23-38(29(2)26-28)33-17-21-37(22-18-33)44-41(46)39(27-30-7-9-35(10-8-30)40(45)43-24-25-50(47,48)49)34-13-11-31(12-14-34)32-15-19-36(20-16-32)42(3,4)5/h6-23,26,39H,24-25,27H2,1-5H3,(H,43,45)(H,44,46)(H,47,48,49). The molecule has 50 heavy (non-hydrogen) atoms. The molecule has 3 N–H and O–H groups in total. The number of nitrogens with one attached hydrogen (secondary N) is 2. The molecule has 258 valence electrons. The fourth-order valence-corrected chi connectivity index (χ4v) is 6.32. The van der Waals surface area contributed by atoms with Crippen molar-refractivity contribution in [2.45, 2.75) is 52.4 Å². The van der Waals surface area contributed by atoms with Gasteiger partial charge >= 0.3 is 0 Å². The summed E-state index contributed by atoms with van der Waals surface area (Å²) in [5, 5.41) is 5.62. The number of carbonyl (C=O) groups is 2. The molecular weight excluding hydrogens is 645 g/mol. The first-order valence-electron chi connectivity index (χ1n) is 16.7. The third kappa shape index (κ3) is 9.55. The predicted octanol–water partition coefficient (Wildman–Crippen LogP) is 8.52. The van der Waals surface area contributed by atoms with Crippen LogP contribution in [0.1, 0.15) is 64.9 Å². The van der Waals surface area contributed by atoms with Crippen molar-refractivity contribution in [3.63, 3.8) is 0 Å². The van der Waals surface area contributed by atoms with E-state index in [1.807, 2.05) is 48.5 Å². The summed E-state index contributed by atoms with van der Waals surface area (Å²) in [4.78, 5) is 26.5. The highest BCUT2D eigenvalue weighted by atomic mass is 32.2. The summed E-state index contributed by atoms with van der Waals surface area (Å²) in [5.74, 6) is -1.70. The zero-order valence-corrected chi connectivity index (χ0v) is 30.0. The van der Waals surface area contributed by atoms with Gasteiger partial charge in [0.1, 0.15) is 0 Å². The molecule has 8 heteroatoms. The van der Waals surface area contributed by atoms with Gasteiger partial charge in [-0.25, -0.2) is 0 Å². The van der Waals surface area contributed by atoms with Crippen LogP contribution >= 0.6 is 0 Å². The Morgan fingerprint density at radius 2 is 1.32 bits per heavy atom. The first-order chi connectivity index (χ1) is 23.7. The first kappa shape index (κ1) is 36.2. The number of rotatable bonds is 11. The molecule has 7 nitrogen and oxygen atoms in total. The van der Waals surface area contributed by atoms with Crippen LogP contribution in [0.5, 0.6) is 0 Å². The Balaban J connectivity index is 1.37. The van der Waals surface area contributed by atoms with Crippen LogP contribution in [-0.4, -0.2) is 37.1 Å². The number of anilines is 1. The molecule has 0 aliphatic heterocycles. The van der Waals surface area contributed by atoms with E-state index in [2.05, 4.69) is 87.7 Å². The number of hydrogen-bond donors (Lipinski definition) is 3. The average Bonchev–Trinajstić information content (AvgIpc) is 3.07. The number of hydrogen-bond acceptors (Lipinski definition) is 4. The fourth-order valence-electron chi connectivity index (χ4n) is 5.96. The summed E-state index contributed by atoms with van der Waals surface area (Å²) in [6.07, 6.45) is 0.386. The molecule has 0 saturated heterocycles. The zero-order chi connectivity index (χ0) is 36.1. The molecule has 2 amide bonds. The summed E-state index contributed by atoms with van der Waals surface area (Å²) in [7, 11) is -4.18. The lowest BCUT2D eigenvalue weighted by molar-refractivity contribution is -0.117. The first-order valence-corrected chi connectivity index (χ1v) is 18.3. The number of aryl methyl sites for hydroxylation is 2. The molecule has 0 fully saturated rings. The van der Waals surface area contributed by atoms with Gasteiger partial charge < -0.3 is 10.6 Å². The third-order valence-electron chi connectivity index (χ3n) is 8.86. The van der Waals surface area contributed by atoms with E-state index in [1.54, 1.807) is 24.3 Å². The van der Waals surface area contributed by atoms with Crippen LogP contribution in [0.2, 0.25) is 0 Å². The number of amides is 2. The lowest BCUT2D eigenvalue weighted by Gasteiger charge is -2.20. The van der Waals surface area contributed by atoms with E-state index in [1.165, 1.54) is 16.7 Å². The van der Waals surface area contributed by atoms with Gasteiger partial charge in [0.15, 0.2) is 0 Å². The molecule has 0 bridgehead atoms. The second-order valence-corrected chi connectivity index (χ2v) is 15.4. The molecule has 0 spiro atoms. The highest BCUT2D eigenvalue weighted by Gasteiger charge is 2.22. The van der Waals surface area contributed by atoms with Crippen LogP contribution in [-0.2, 0) is 26.7 Å². The summed E-state index contributed by atoms with van der Waals surface area (Å²) in [6, 6.07) is 37.8. The molecular formula is C42H44N2O5S. The van der Waals surface area contributed by atoms with Gasteiger partial charge in [0.2, 0.25) is 5.91 Å². The number of carbonyl (C=O) groups excluding carboxylic acids is 2. The zero-order valence-electron chi connectivity index (χ0n) is 29.2. The molecule has 0 aliphatic carbocycles. The van der Waals surface area contributed by atoms with Crippen LogP contribution in [0.15, 0.2) is 115 Å². The summed E-state index contributed by atoms with van der Waals surface area (Å²) in [5.41, 5.74) is 10.9. The lowest BCUT2D eigenvalue weighted by Crippen LogP contribution is -2.28. The van der Waals surface area contributed by atoms with Crippen molar-refractivity contribution >= 4 is 27.6 Å². The second-order valence-electron chi connectivity index (χ2n) is 13.8. The minimum absolute atomic E-state index is 0.0635. The maximum absolute atomic E-state index is 14.0. The Bertz CT molecular complexity index is 2060. The minimum atomic E-state index is -4.18. The van der Waals surface area contributed by atoms with Gasteiger partial charge in [0.25, 0.3) is 16.0 Å². The van der Waals surface area contributed by atoms with Crippen molar-refractivity contribution in [1.29, 1.82) is 0 Å². The maximum Gasteiger partial charge on any atom is 0.266 e. The van der Waals surface area contributed by atoms with Crippen LogP contribution in [0.4, 0.5) is 5.69 Å². The van der Waals surface area contributed by atoms with E-state index in [0.717, 1.165) is 33.4 Å². The van der Waals surface area contributed by atoms with E-state index in [9.17, 15) is 18.0 Å². The molecule has 0 aliphatic rings. The van der Waals surface area contributed by atoms with Crippen molar-refractivity contribution in [3.8, 4) is 22.3 Å². The molecule has 5 aromatic rings. The SMILES string of the molecule is Cc1ccc(-c2ccc(NC(=O)C(Cc3ccc(C(=O)NCCS(=O)(=O)O)cc3)c3ccc(-c4ccc(C(C)(C)C)cc4)cc3)cc2)c(C)c1. The highest BCUT2D eigenvalue weighted by molar-refractivity contribution is 7.85.